The van der Waals surface area contributed by atoms with Gasteiger partial charge in [-0.15, -0.1) is 0 Å². The van der Waals surface area contributed by atoms with Crippen molar-refractivity contribution in [3.8, 4) is 0 Å². The predicted octanol–water partition coefficient (Wildman–Crippen LogP) is 9.75. The Hall–Kier alpha value is -7.37. The largest absolute Gasteiger partial charge is 0.452 e. The molecule has 2 fully saturated rings. The van der Waals surface area contributed by atoms with Crippen LogP contribution in [-0.2, 0) is 78.5 Å². The van der Waals surface area contributed by atoms with Crippen LogP contribution in [0.15, 0.2) is 212 Å². The van der Waals surface area contributed by atoms with Crippen LogP contribution in [0.3, 0.4) is 0 Å². The minimum absolute atomic E-state index is 0.0426. The van der Waals surface area contributed by atoms with E-state index in [1.807, 2.05) is 121 Å². The van der Waals surface area contributed by atoms with Crippen LogP contribution in [0.25, 0.3) is 0 Å². The lowest BCUT2D eigenvalue weighted by atomic mass is 9.95. The molecule has 14 nitrogen and oxygen atoms in total. The summed E-state index contributed by atoms with van der Waals surface area (Å²) < 4.78 is 72.8. The van der Waals surface area contributed by atoms with Crippen LogP contribution in [0.1, 0.15) is 53.3 Å². The van der Waals surface area contributed by atoms with E-state index >= 15 is 0 Å². The van der Waals surface area contributed by atoms with Crippen molar-refractivity contribution in [2.45, 2.75) is 87.8 Å². The van der Waals surface area contributed by atoms with Gasteiger partial charge in [0.25, 0.3) is 0 Å². The third kappa shape index (κ3) is 14.5. The molecule has 392 valence electrons. The predicted molar refractivity (Wildman–Crippen MR) is 278 cm³/mol. The molecule has 0 saturated carbocycles. The number of benzene rings is 7. The molecule has 0 amide bonds. The van der Waals surface area contributed by atoms with Gasteiger partial charge < -0.3 is 52.1 Å². The molecule has 0 spiro atoms. The van der Waals surface area contributed by atoms with E-state index in [1.54, 1.807) is 91.0 Å². The molecule has 6 unspecified atom stereocenters. The lowest BCUT2D eigenvalue weighted by Crippen LogP contribution is -2.67. The maximum absolute atomic E-state index is 14.5. The van der Waals surface area contributed by atoms with E-state index in [-0.39, 0.29) is 56.3 Å². The lowest BCUT2D eigenvalue weighted by Gasteiger charge is -2.49. The Labute approximate surface area is 442 Å². The number of ether oxygens (including phenoxy) is 11. The smallest absolute Gasteiger partial charge is 0.338 e. The van der Waals surface area contributed by atoms with E-state index in [9.17, 15) is 14.4 Å². The number of carbonyl (C=O) groups is 3. The van der Waals surface area contributed by atoms with Gasteiger partial charge in [-0.3, -0.25) is 0 Å². The van der Waals surface area contributed by atoms with Gasteiger partial charge in [0.2, 0.25) is 0 Å². The van der Waals surface area contributed by atoms with Gasteiger partial charge >= 0.3 is 17.9 Å². The van der Waals surface area contributed by atoms with Gasteiger partial charge in [-0.2, -0.15) is 0 Å². The van der Waals surface area contributed by atoms with Crippen molar-refractivity contribution in [2.75, 3.05) is 20.3 Å². The molecule has 2 aliphatic heterocycles. The molecule has 76 heavy (non-hydrogen) atoms. The maximum Gasteiger partial charge on any atom is 0.338 e. The Balaban J connectivity index is 1.15. The molecule has 0 radical (unpaired) electrons. The number of carbonyl (C=O) groups excluding carboxylic acids is 3. The summed E-state index contributed by atoms with van der Waals surface area (Å²) in [4.78, 5) is 43.1. The molecule has 7 aromatic carbocycles. The Morgan fingerprint density at radius 3 is 1.07 bits per heavy atom. The van der Waals surface area contributed by atoms with E-state index in [0.717, 1.165) is 22.3 Å². The van der Waals surface area contributed by atoms with Crippen LogP contribution < -0.4 is 0 Å². The average Bonchev–Trinajstić information content (AvgIpc) is 3.48. The van der Waals surface area contributed by atoms with Gasteiger partial charge in [-0.1, -0.05) is 176 Å². The minimum Gasteiger partial charge on any atom is -0.452 e. The second-order valence-electron chi connectivity index (χ2n) is 18.2. The standard InChI is InChI=1S/C62H60O14/c1-66-61-57(75-60(65)49-35-21-8-22-36-49)55(73-58(63)47-31-17-6-18-32-47)53(51(71-61)42-68-38-44-25-11-3-12-26-44)76-62-56(74-59(64)48-33-19-7-20-34-48)54(70-40-46-29-15-5-16-30-46)52(69-39-45-27-13-4-14-28-45)50(72-62)41-67-37-43-23-9-2-10-24-43/h2-36,50-57,61-62H,37-42H2,1H3/t50?,51?,52-,53-,54?,55?,56?,57?,61+,62+/m1/s1. The molecule has 2 saturated heterocycles. The zero-order valence-electron chi connectivity index (χ0n) is 41.9. The van der Waals surface area contributed by atoms with Crippen LogP contribution in [0.4, 0.5) is 0 Å². The first-order chi connectivity index (χ1) is 37.4. The second kappa shape index (κ2) is 27.4. The van der Waals surface area contributed by atoms with Crippen LogP contribution >= 0.6 is 0 Å². The van der Waals surface area contributed by atoms with Crippen molar-refractivity contribution in [1.29, 1.82) is 0 Å². The topological polar surface area (TPSA) is 153 Å². The summed E-state index contributed by atoms with van der Waals surface area (Å²) in [5.74, 6) is -2.22. The number of hydrogen-bond acceptors (Lipinski definition) is 14. The fourth-order valence-electron chi connectivity index (χ4n) is 8.98. The first-order valence-electron chi connectivity index (χ1n) is 25.2. The monoisotopic (exact) mass is 1030 g/mol. The lowest BCUT2D eigenvalue weighted by molar-refractivity contribution is -0.362. The zero-order chi connectivity index (χ0) is 52.3. The number of esters is 3. The summed E-state index contributed by atoms with van der Waals surface area (Å²) in [6.07, 6.45) is -12.7. The molecule has 9 rings (SSSR count). The summed E-state index contributed by atoms with van der Waals surface area (Å²) in [5.41, 5.74) is 4.17. The van der Waals surface area contributed by atoms with Gasteiger partial charge in [0.05, 0.1) is 56.3 Å². The molecule has 2 aliphatic rings. The van der Waals surface area contributed by atoms with Crippen LogP contribution in [0, 0.1) is 0 Å². The molecule has 0 bridgehead atoms. The van der Waals surface area contributed by atoms with Gasteiger partial charge in [0.1, 0.15) is 30.5 Å². The highest BCUT2D eigenvalue weighted by Crippen LogP contribution is 2.37. The molecular weight excluding hydrogens is 969 g/mol. The van der Waals surface area contributed by atoms with E-state index in [4.69, 9.17) is 52.1 Å². The second-order valence-corrected chi connectivity index (χ2v) is 18.2. The summed E-state index contributed by atoms with van der Waals surface area (Å²) in [5, 5.41) is 0. The Bertz CT molecular complexity index is 2830. The average molecular weight is 1030 g/mol. The molecule has 7 aromatic rings. The summed E-state index contributed by atoms with van der Waals surface area (Å²) in [7, 11) is 1.39. The quantitative estimate of drug-likeness (QED) is 0.0441. The van der Waals surface area contributed by atoms with Crippen molar-refractivity contribution in [2.24, 2.45) is 0 Å². The highest BCUT2D eigenvalue weighted by atomic mass is 16.8. The Kier molecular flexibility index (Phi) is 19.3. The highest BCUT2D eigenvalue weighted by molar-refractivity contribution is 5.91. The molecule has 2 heterocycles. The Morgan fingerprint density at radius 2 is 0.671 bits per heavy atom. The number of rotatable bonds is 23. The van der Waals surface area contributed by atoms with Crippen LogP contribution in [0.5, 0.6) is 0 Å². The number of hydrogen-bond donors (Lipinski definition) is 0. The number of methoxy groups -OCH3 is 1. The molecule has 0 aliphatic carbocycles. The van der Waals surface area contributed by atoms with E-state index in [1.165, 1.54) is 7.11 Å². The summed E-state index contributed by atoms with van der Waals surface area (Å²) in [6, 6.07) is 63.7. The van der Waals surface area contributed by atoms with Crippen molar-refractivity contribution in [1.82, 2.24) is 0 Å². The summed E-state index contributed by atoms with van der Waals surface area (Å²) >= 11 is 0. The van der Waals surface area contributed by atoms with Crippen molar-refractivity contribution in [3.63, 3.8) is 0 Å². The Morgan fingerprint density at radius 1 is 0.355 bits per heavy atom. The first kappa shape index (κ1) is 53.5. The van der Waals surface area contributed by atoms with Crippen molar-refractivity contribution < 1.29 is 66.5 Å². The van der Waals surface area contributed by atoms with Gasteiger partial charge in [-0.25, -0.2) is 14.4 Å². The van der Waals surface area contributed by atoms with Gasteiger partial charge in [0.15, 0.2) is 30.9 Å². The third-order valence-corrected chi connectivity index (χ3v) is 12.8. The maximum atomic E-state index is 14.5. The first-order valence-corrected chi connectivity index (χ1v) is 25.2. The zero-order valence-corrected chi connectivity index (χ0v) is 41.9. The molecule has 0 aromatic heterocycles. The summed E-state index contributed by atoms with van der Waals surface area (Å²) in [6.45, 7) is 0.384. The normalized spacial score (nSPS) is 23.2. The van der Waals surface area contributed by atoms with E-state index in [2.05, 4.69) is 0 Å². The van der Waals surface area contributed by atoms with Crippen molar-refractivity contribution in [3.05, 3.63) is 251 Å². The SMILES string of the molecule is CO[C@H]1OC(COCc2ccccc2)[C@@H](O[C@@H]2OC(COCc3ccccc3)[C@@H](OCc3ccccc3)C(OCc3ccccc3)C2OC(=O)c2ccccc2)C(OC(=O)c2ccccc2)C1OC(=O)c1ccccc1. The fourth-order valence-corrected chi connectivity index (χ4v) is 8.98. The van der Waals surface area contributed by atoms with E-state index in [0.29, 0.717) is 0 Å². The van der Waals surface area contributed by atoms with Crippen LogP contribution in [0.2, 0.25) is 0 Å². The van der Waals surface area contributed by atoms with Gasteiger partial charge in [-0.05, 0) is 58.7 Å². The molecule has 0 N–H and O–H groups in total. The third-order valence-electron chi connectivity index (χ3n) is 12.8. The van der Waals surface area contributed by atoms with Crippen LogP contribution in [-0.4, -0.2) is 99.6 Å². The highest BCUT2D eigenvalue weighted by Gasteiger charge is 2.57. The molecule has 10 atom stereocenters. The molecular formula is C62H60O14. The molecule has 14 heteroatoms. The fraction of sp³-hybridized carbons (Fsp3) is 0.274. The van der Waals surface area contributed by atoms with Crippen molar-refractivity contribution >= 4 is 17.9 Å². The van der Waals surface area contributed by atoms with E-state index < -0.39 is 79.3 Å². The minimum atomic E-state index is -1.54. The van der Waals surface area contributed by atoms with Gasteiger partial charge in [0, 0.05) is 7.11 Å².